The topological polar surface area (TPSA) is 63.3 Å². The maximum absolute atomic E-state index is 10.5. The van der Waals surface area contributed by atoms with Crippen molar-refractivity contribution in [1.29, 1.82) is 0 Å². The fourth-order valence-corrected chi connectivity index (χ4v) is 1.70. The summed E-state index contributed by atoms with van der Waals surface area (Å²) in [5.74, 6) is -0.861. The maximum atomic E-state index is 10.5. The van der Waals surface area contributed by atoms with Gasteiger partial charge in [-0.05, 0) is 30.5 Å². The first-order valence-corrected chi connectivity index (χ1v) is 4.56. The van der Waals surface area contributed by atoms with Crippen LogP contribution in [0.25, 0.3) is 0 Å². The Morgan fingerprint density at radius 3 is 2.36 bits per heavy atom. The SMILES string of the molecule is Cc1cccc(C)c1C(N)CC(=O)O. The Hall–Kier alpha value is -1.35. The maximum Gasteiger partial charge on any atom is 0.305 e. The summed E-state index contributed by atoms with van der Waals surface area (Å²) in [4.78, 5) is 10.5. The van der Waals surface area contributed by atoms with Gasteiger partial charge in [-0.15, -0.1) is 0 Å². The highest BCUT2D eigenvalue weighted by molar-refractivity contribution is 5.68. The van der Waals surface area contributed by atoms with Gasteiger partial charge in [0.25, 0.3) is 0 Å². The first kappa shape index (κ1) is 10.7. The monoisotopic (exact) mass is 193 g/mol. The third-order valence-electron chi connectivity index (χ3n) is 2.31. The van der Waals surface area contributed by atoms with Gasteiger partial charge in [0.1, 0.15) is 0 Å². The van der Waals surface area contributed by atoms with E-state index in [0.29, 0.717) is 0 Å². The predicted molar refractivity (Wildman–Crippen MR) is 55.1 cm³/mol. The second-order valence-corrected chi connectivity index (χ2v) is 3.51. The van der Waals surface area contributed by atoms with Gasteiger partial charge in [0, 0.05) is 6.04 Å². The molecule has 0 spiro atoms. The lowest BCUT2D eigenvalue weighted by molar-refractivity contribution is -0.137. The first-order chi connectivity index (χ1) is 6.52. The fraction of sp³-hybridized carbons (Fsp3) is 0.364. The van der Waals surface area contributed by atoms with E-state index < -0.39 is 12.0 Å². The van der Waals surface area contributed by atoms with Crippen LogP contribution in [0.1, 0.15) is 29.2 Å². The van der Waals surface area contributed by atoms with Crippen LogP contribution in [0.3, 0.4) is 0 Å². The highest BCUT2D eigenvalue weighted by atomic mass is 16.4. The van der Waals surface area contributed by atoms with Crippen molar-refractivity contribution in [2.24, 2.45) is 5.73 Å². The lowest BCUT2D eigenvalue weighted by Gasteiger charge is -2.15. The van der Waals surface area contributed by atoms with Gasteiger partial charge in [-0.2, -0.15) is 0 Å². The number of aliphatic carboxylic acids is 1. The summed E-state index contributed by atoms with van der Waals surface area (Å²) in [5, 5.41) is 8.65. The molecule has 0 saturated heterocycles. The van der Waals surface area contributed by atoms with E-state index in [-0.39, 0.29) is 6.42 Å². The van der Waals surface area contributed by atoms with Crippen molar-refractivity contribution in [3.8, 4) is 0 Å². The lowest BCUT2D eigenvalue weighted by atomic mass is 9.95. The third-order valence-corrected chi connectivity index (χ3v) is 2.31. The molecule has 14 heavy (non-hydrogen) atoms. The molecule has 1 aromatic rings. The Balaban J connectivity index is 2.99. The molecule has 0 fully saturated rings. The van der Waals surface area contributed by atoms with E-state index in [2.05, 4.69) is 0 Å². The highest BCUT2D eigenvalue weighted by Gasteiger charge is 2.14. The number of benzene rings is 1. The van der Waals surface area contributed by atoms with Gasteiger partial charge in [0.05, 0.1) is 6.42 Å². The zero-order chi connectivity index (χ0) is 10.7. The molecule has 0 aliphatic rings. The van der Waals surface area contributed by atoms with Crippen LogP contribution in [0.5, 0.6) is 0 Å². The first-order valence-electron chi connectivity index (χ1n) is 4.56. The number of hydrogen-bond acceptors (Lipinski definition) is 2. The van der Waals surface area contributed by atoms with Crippen molar-refractivity contribution in [1.82, 2.24) is 0 Å². The number of aryl methyl sites for hydroxylation is 2. The van der Waals surface area contributed by atoms with Crippen LogP contribution < -0.4 is 5.73 Å². The Labute approximate surface area is 83.6 Å². The quantitative estimate of drug-likeness (QED) is 0.769. The largest absolute Gasteiger partial charge is 0.481 e. The van der Waals surface area contributed by atoms with Crippen molar-refractivity contribution in [3.05, 3.63) is 34.9 Å². The van der Waals surface area contributed by atoms with Crippen LogP contribution in [-0.2, 0) is 4.79 Å². The Bertz CT molecular complexity index is 327. The summed E-state index contributed by atoms with van der Waals surface area (Å²) >= 11 is 0. The van der Waals surface area contributed by atoms with Gasteiger partial charge in [-0.1, -0.05) is 18.2 Å². The zero-order valence-corrected chi connectivity index (χ0v) is 8.45. The molecule has 1 atom stereocenters. The molecule has 0 bridgehead atoms. The van der Waals surface area contributed by atoms with E-state index in [1.807, 2.05) is 32.0 Å². The van der Waals surface area contributed by atoms with Crippen LogP contribution in [0, 0.1) is 13.8 Å². The molecule has 0 saturated carbocycles. The smallest absolute Gasteiger partial charge is 0.305 e. The minimum Gasteiger partial charge on any atom is -0.481 e. The average Bonchev–Trinajstić information content (AvgIpc) is 2.01. The fourth-order valence-electron chi connectivity index (χ4n) is 1.70. The molecule has 3 heteroatoms. The second kappa shape index (κ2) is 4.24. The predicted octanol–water partition coefficient (Wildman–Crippen LogP) is 1.78. The zero-order valence-electron chi connectivity index (χ0n) is 8.45. The van der Waals surface area contributed by atoms with Gasteiger partial charge in [-0.25, -0.2) is 0 Å². The van der Waals surface area contributed by atoms with Crippen LogP contribution in [0.2, 0.25) is 0 Å². The average molecular weight is 193 g/mol. The van der Waals surface area contributed by atoms with E-state index in [1.54, 1.807) is 0 Å². The molecule has 1 aromatic carbocycles. The lowest BCUT2D eigenvalue weighted by Crippen LogP contribution is -2.17. The number of rotatable bonds is 3. The summed E-state index contributed by atoms with van der Waals surface area (Å²) in [7, 11) is 0. The summed E-state index contributed by atoms with van der Waals surface area (Å²) in [5.41, 5.74) is 8.88. The Morgan fingerprint density at radius 1 is 1.43 bits per heavy atom. The van der Waals surface area contributed by atoms with Gasteiger partial charge in [0.15, 0.2) is 0 Å². The second-order valence-electron chi connectivity index (χ2n) is 3.51. The van der Waals surface area contributed by atoms with Crippen LogP contribution in [0.4, 0.5) is 0 Å². The highest BCUT2D eigenvalue weighted by Crippen LogP contribution is 2.22. The number of nitrogens with two attached hydrogens (primary N) is 1. The minimum absolute atomic E-state index is 0.0221. The van der Waals surface area contributed by atoms with E-state index in [0.717, 1.165) is 16.7 Å². The molecule has 0 aliphatic carbocycles. The normalized spacial score (nSPS) is 12.5. The van der Waals surface area contributed by atoms with Crippen molar-refractivity contribution in [3.63, 3.8) is 0 Å². The van der Waals surface area contributed by atoms with Crippen LogP contribution in [0.15, 0.2) is 18.2 Å². The molecule has 1 unspecified atom stereocenters. The number of carboxylic acids is 1. The van der Waals surface area contributed by atoms with Crippen LogP contribution in [-0.4, -0.2) is 11.1 Å². The van der Waals surface area contributed by atoms with Gasteiger partial charge in [0.2, 0.25) is 0 Å². The van der Waals surface area contributed by atoms with Crippen molar-refractivity contribution in [2.45, 2.75) is 26.3 Å². The molecular formula is C11H15NO2. The molecule has 0 aromatic heterocycles. The number of hydrogen-bond donors (Lipinski definition) is 2. The van der Waals surface area contributed by atoms with E-state index in [4.69, 9.17) is 10.8 Å². The molecule has 0 aliphatic heterocycles. The summed E-state index contributed by atoms with van der Waals surface area (Å²) in [6.45, 7) is 3.90. The minimum atomic E-state index is -0.861. The van der Waals surface area contributed by atoms with Gasteiger partial charge >= 0.3 is 5.97 Å². The van der Waals surface area contributed by atoms with Gasteiger partial charge in [-0.3, -0.25) is 4.79 Å². The summed E-state index contributed by atoms with van der Waals surface area (Å²) in [6.07, 6.45) is -0.0221. The molecule has 3 N–H and O–H groups in total. The summed E-state index contributed by atoms with van der Waals surface area (Å²) < 4.78 is 0. The number of carbonyl (C=O) groups is 1. The van der Waals surface area contributed by atoms with E-state index >= 15 is 0 Å². The van der Waals surface area contributed by atoms with Crippen molar-refractivity contribution < 1.29 is 9.90 Å². The Morgan fingerprint density at radius 2 is 1.93 bits per heavy atom. The summed E-state index contributed by atoms with van der Waals surface area (Å²) in [6, 6.07) is 5.43. The van der Waals surface area contributed by atoms with Gasteiger partial charge < -0.3 is 10.8 Å². The van der Waals surface area contributed by atoms with Crippen LogP contribution >= 0.6 is 0 Å². The standard InChI is InChI=1S/C11H15NO2/c1-7-4-3-5-8(2)11(7)9(12)6-10(13)14/h3-5,9H,6,12H2,1-2H3,(H,13,14). The molecule has 3 nitrogen and oxygen atoms in total. The van der Waals surface area contributed by atoms with E-state index in [9.17, 15) is 4.79 Å². The van der Waals surface area contributed by atoms with Crippen molar-refractivity contribution in [2.75, 3.05) is 0 Å². The van der Waals surface area contributed by atoms with Crippen molar-refractivity contribution >= 4 is 5.97 Å². The molecular weight excluding hydrogens is 178 g/mol. The van der Waals surface area contributed by atoms with E-state index in [1.165, 1.54) is 0 Å². The number of carboxylic acid groups (broad SMARTS) is 1. The Kier molecular flexibility index (Phi) is 3.25. The molecule has 1 rings (SSSR count). The molecule has 0 radical (unpaired) electrons. The molecule has 0 amide bonds. The molecule has 0 heterocycles. The third kappa shape index (κ3) is 2.33. The molecule has 76 valence electrons.